The second-order valence-corrected chi connectivity index (χ2v) is 12.8. The van der Waals surface area contributed by atoms with Gasteiger partial charge in [-0.1, -0.05) is 36.4 Å². The number of hydrogen-bond acceptors (Lipinski definition) is 9. The zero-order valence-corrected chi connectivity index (χ0v) is 27.3. The Labute approximate surface area is 278 Å². The first-order valence-electron chi connectivity index (χ1n) is 14.8. The van der Waals surface area contributed by atoms with E-state index in [2.05, 4.69) is 4.98 Å². The van der Waals surface area contributed by atoms with Crippen molar-refractivity contribution in [3.63, 3.8) is 0 Å². The molecule has 0 radical (unpaired) electrons. The Kier molecular flexibility index (Phi) is 10.4. The molecule has 48 heavy (non-hydrogen) atoms. The van der Waals surface area contributed by atoms with Crippen molar-refractivity contribution in [3.05, 3.63) is 126 Å². The Balaban J connectivity index is 1.54. The first-order chi connectivity index (χ1) is 23.1. The number of esters is 1. The van der Waals surface area contributed by atoms with Gasteiger partial charge in [-0.2, -0.15) is 0 Å². The number of hydrogen-bond donors (Lipinski definition) is 1. The Morgan fingerprint density at radius 1 is 0.812 bits per heavy atom. The number of carbonyl (C=O) groups excluding carboxylic acids is 1. The molecule has 1 unspecified atom stereocenters. The molecule has 11 nitrogen and oxygen atoms in total. The van der Waals surface area contributed by atoms with Gasteiger partial charge in [0.1, 0.15) is 23.4 Å². The maximum Gasteiger partial charge on any atom is 0.337 e. The second-order valence-electron chi connectivity index (χ2n) is 10.8. The van der Waals surface area contributed by atoms with E-state index < -0.39 is 33.6 Å². The smallest absolute Gasteiger partial charge is 0.337 e. The molecule has 0 bridgehead atoms. The van der Waals surface area contributed by atoms with Gasteiger partial charge in [-0.15, -0.1) is 0 Å². The molecule has 0 aliphatic carbocycles. The number of aromatic nitrogens is 1. The standard InChI is InChI=1S/C36H34N2O9S/c1-44-30-13-4-24(5-14-30)22-38(48(42,43)33(21-34(39)40)26-8-10-27(11-9-26)36(41)46-3)29-12-17-32-28(20-29)18-19-37-35(32)47-23-25-6-15-31(45-2)16-7-25/h4-20,33H,21-23H2,1-3H3,(H,39,40). The van der Waals surface area contributed by atoms with Gasteiger partial charge in [-0.25, -0.2) is 18.2 Å². The summed E-state index contributed by atoms with van der Waals surface area (Å²) < 4.78 is 51.6. The Bertz CT molecular complexity index is 2000. The van der Waals surface area contributed by atoms with E-state index in [4.69, 9.17) is 18.9 Å². The van der Waals surface area contributed by atoms with Crippen LogP contribution in [0.15, 0.2) is 103 Å². The molecule has 1 aromatic heterocycles. The maximum absolute atomic E-state index is 14.6. The minimum Gasteiger partial charge on any atom is -0.497 e. The van der Waals surface area contributed by atoms with Crippen LogP contribution in [0, 0.1) is 0 Å². The molecule has 1 N–H and O–H groups in total. The van der Waals surface area contributed by atoms with Gasteiger partial charge in [-0.05, 0) is 82.7 Å². The van der Waals surface area contributed by atoms with Crippen LogP contribution in [0.1, 0.15) is 38.7 Å². The number of nitrogens with zero attached hydrogens (tertiary/aromatic N) is 2. The highest BCUT2D eigenvalue weighted by Crippen LogP contribution is 2.36. The van der Waals surface area contributed by atoms with Gasteiger partial charge >= 0.3 is 11.9 Å². The van der Waals surface area contributed by atoms with Crippen LogP contribution in [-0.4, -0.2) is 51.8 Å². The summed E-state index contributed by atoms with van der Waals surface area (Å²) in [4.78, 5) is 28.5. The van der Waals surface area contributed by atoms with Crippen LogP contribution in [0.3, 0.4) is 0 Å². The maximum atomic E-state index is 14.6. The summed E-state index contributed by atoms with van der Waals surface area (Å²) in [6.45, 7) is 0.154. The number of pyridine rings is 1. The number of anilines is 1. The molecular weight excluding hydrogens is 636 g/mol. The minimum atomic E-state index is -4.40. The first kappa shape index (κ1) is 33.7. The molecule has 12 heteroatoms. The molecular formula is C36H34N2O9S. The molecule has 0 aliphatic rings. The molecule has 0 saturated carbocycles. The fourth-order valence-corrected chi connectivity index (χ4v) is 7.06. The molecule has 248 valence electrons. The predicted molar refractivity (Wildman–Crippen MR) is 180 cm³/mol. The third-order valence-corrected chi connectivity index (χ3v) is 9.86. The van der Waals surface area contributed by atoms with Crippen molar-refractivity contribution in [2.75, 3.05) is 25.6 Å². The normalized spacial score (nSPS) is 11.8. The van der Waals surface area contributed by atoms with E-state index >= 15 is 0 Å². The van der Waals surface area contributed by atoms with Crippen LogP contribution in [0.25, 0.3) is 10.8 Å². The number of rotatable bonds is 14. The summed E-state index contributed by atoms with van der Waals surface area (Å²) in [7, 11) is -0.0322. The van der Waals surface area contributed by atoms with Gasteiger partial charge in [-0.3, -0.25) is 9.10 Å². The third kappa shape index (κ3) is 7.67. The highest BCUT2D eigenvalue weighted by Gasteiger charge is 2.36. The van der Waals surface area contributed by atoms with E-state index in [1.165, 1.54) is 42.8 Å². The number of carbonyl (C=O) groups is 2. The Morgan fingerprint density at radius 2 is 1.44 bits per heavy atom. The average Bonchev–Trinajstić information content (AvgIpc) is 3.11. The summed E-state index contributed by atoms with van der Waals surface area (Å²) in [6.07, 6.45) is 0.869. The van der Waals surface area contributed by atoms with Gasteiger partial charge in [0, 0.05) is 11.6 Å². The summed E-state index contributed by atoms with van der Waals surface area (Å²) in [5.74, 6) is -0.198. The number of carboxylic acid groups (broad SMARTS) is 1. The van der Waals surface area contributed by atoms with Gasteiger partial charge in [0.25, 0.3) is 0 Å². The zero-order valence-electron chi connectivity index (χ0n) is 26.5. The number of aliphatic carboxylic acids is 1. The highest BCUT2D eigenvalue weighted by atomic mass is 32.2. The molecule has 1 heterocycles. The molecule has 0 spiro atoms. The van der Waals surface area contributed by atoms with Crippen LogP contribution in [0.2, 0.25) is 0 Å². The largest absolute Gasteiger partial charge is 0.497 e. The molecule has 5 rings (SSSR count). The van der Waals surface area contributed by atoms with Crippen LogP contribution >= 0.6 is 0 Å². The zero-order chi connectivity index (χ0) is 34.3. The Hall–Kier alpha value is -5.62. The lowest BCUT2D eigenvalue weighted by molar-refractivity contribution is -0.137. The van der Waals surface area contributed by atoms with Crippen molar-refractivity contribution >= 4 is 38.4 Å². The summed E-state index contributed by atoms with van der Waals surface area (Å²) in [5.41, 5.74) is 2.28. The van der Waals surface area contributed by atoms with E-state index in [0.717, 1.165) is 11.3 Å². The number of fused-ring (bicyclic) bond motifs is 1. The highest BCUT2D eigenvalue weighted by molar-refractivity contribution is 7.93. The summed E-state index contributed by atoms with van der Waals surface area (Å²) >= 11 is 0. The van der Waals surface area contributed by atoms with E-state index in [9.17, 15) is 23.1 Å². The van der Waals surface area contributed by atoms with Gasteiger partial charge < -0.3 is 24.1 Å². The summed E-state index contributed by atoms with van der Waals surface area (Å²) in [6, 6.07) is 26.9. The number of carboxylic acids is 1. The van der Waals surface area contributed by atoms with Gasteiger partial charge in [0.05, 0.1) is 45.5 Å². The van der Waals surface area contributed by atoms with Crippen molar-refractivity contribution in [2.24, 2.45) is 0 Å². The van der Waals surface area contributed by atoms with E-state index in [0.29, 0.717) is 33.7 Å². The molecule has 4 aromatic carbocycles. The fourth-order valence-electron chi connectivity index (χ4n) is 5.17. The number of sulfonamides is 1. The predicted octanol–water partition coefficient (Wildman–Crippen LogP) is 6.17. The van der Waals surface area contributed by atoms with Crippen molar-refractivity contribution in [2.45, 2.75) is 24.8 Å². The fraction of sp³-hybridized carbons (Fsp3) is 0.194. The average molecular weight is 671 g/mol. The molecule has 0 fully saturated rings. The van der Waals surface area contributed by atoms with Gasteiger partial charge in [0.2, 0.25) is 15.9 Å². The van der Waals surface area contributed by atoms with Crippen LogP contribution in [0.4, 0.5) is 5.69 Å². The van der Waals surface area contributed by atoms with Crippen molar-refractivity contribution < 1.29 is 42.1 Å². The lowest BCUT2D eigenvalue weighted by Gasteiger charge is -2.29. The van der Waals surface area contributed by atoms with E-state index in [1.54, 1.807) is 61.8 Å². The molecule has 0 amide bonds. The van der Waals surface area contributed by atoms with Crippen molar-refractivity contribution in [1.82, 2.24) is 4.98 Å². The minimum absolute atomic E-state index is 0.0971. The first-order valence-corrected chi connectivity index (χ1v) is 16.3. The van der Waals surface area contributed by atoms with Crippen LogP contribution in [-0.2, 0) is 32.7 Å². The topological polar surface area (TPSA) is 142 Å². The third-order valence-electron chi connectivity index (χ3n) is 7.75. The summed E-state index contributed by atoms with van der Waals surface area (Å²) in [5, 5.41) is 9.68. The quantitative estimate of drug-likeness (QED) is 0.136. The lowest BCUT2D eigenvalue weighted by atomic mass is 10.1. The lowest BCUT2D eigenvalue weighted by Crippen LogP contribution is -2.35. The number of ether oxygens (including phenoxy) is 4. The van der Waals surface area contributed by atoms with E-state index in [-0.39, 0.29) is 24.3 Å². The van der Waals surface area contributed by atoms with Crippen molar-refractivity contribution in [3.8, 4) is 17.4 Å². The number of benzene rings is 4. The second kappa shape index (κ2) is 14.9. The number of methoxy groups -OCH3 is 3. The SMILES string of the molecule is COC(=O)c1ccc(C(CC(=O)O)S(=O)(=O)N(Cc2ccc(OC)cc2)c2ccc3c(OCc4ccc(OC)cc4)nccc3c2)cc1. The molecule has 0 aliphatic heterocycles. The van der Waals surface area contributed by atoms with Crippen LogP contribution in [0.5, 0.6) is 17.4 Å². The molecule has 0 saturated heterocycles. The van der Waals surface area contributed by atoms with Crippen molar-refractivity contribution in [1.29, 1.82) is 0 Å². The van der Waals surface area contributed by atoms with E-state index in [1.807, 2.05) is 24.3 Å². The molecule has 5 aromatic rings. The monoisotopic (exact) mass is 670 g/mol. The van der Waals surface area contributed by atoms with Crippen LogP contribution < -0.4 is 18.5 Å². The molecule has 1 atom stereocenters. The Morgan fingerprint density at radius 3 is 2.02 bits per heavy atom. The van der Waals surface area contributed by atoms with Gasteiger partial charge in [0.15, 0.2) is 0 Å².